The third-order valence-corrected chi connectivity index (χ3v) is 4.67. The fourth-order valence-electron chi connectivity index (χ4n) is 2.44. The summed E-state index contributed by atoms with van der Waals surface area (Å²) in [6, 6.07) is 0.427. The molecule has 106 valence electrons. The molecule has 1 fully saturated rings. The van der Waals surface area contributed by atoms with E-state index >= 15 is 0 Å². The predicted octanol–water partition coefficient (Wildman–Crippen LogP) is 2.73. The molecule has 3 rings (SSSR count). The van der Waals surface area contributed by atoms with Crippen LogP contribution in [0.2, 0.25) is 0 Å². The van der Waals surface area contributed by atoms with Crippen molar-refractivity contribution in [2.45, 2.75) is 25.8 Å². The van der Waals surface area contributed by atoms with E-state index in [-0.39, 0.29) is 0 Å². The highest BCUT2D eigenvalue weighted by Gasteiger charge is 2.32. The van der Waals surface area contributed by atoms with Crippen LogP contribution in [0.4, 0.5) is 5.82 Å². The van der Waals surface area contributed by atoms with E-state index in [9.17, 15) is 4.79 Å². The van der Waals surface area contributed by atoms with Gasteiger partial charge in [0.15, 0.2) is 10.8 Å². The van der Waals surface area contributed by atoms with Crippen LogP contribution in [0.25, 0.3) is 11.0 Å². The van der Waals surface area contributed by atoms with Crippen molar-refractivity contribution in [3.8, 4) is 0 Å². The number of rotatable bonds is 5. The standard InChI is InChI=1S/C14H17N3O2S/c1-9(10-3-4-10)16(2)13-11(5-6-12(18)19)17-7-8-20-14(17)15-13/h5-10H,3-4H2,1-2H3,(H,18,19)/b6-5+. The first-order chi connectivity index (χ1) is 9.58. The van der Waals surface area contributed by atoms with Crippen LogP contribution in [0.5, 0.6) is 0 Å². The lowest BCUT2D eigenvalue weighted by Gasteiger charge is -2.25. The number of aromatic nitrogens is 2. The number of thiazole rings is 1. The molecule has 5 nitrogen and oxygen atoms in total. The van der Waals surface area contributed by atoms with Crippen molar-refractivity contribution in [1.82, 2.24) is 9.38 Å². The Hall–Kier alpha value is -1.82. The van der Waals surface area contributed by atoms with Gasteiger partial charge in [-0.1, -0.05) is 0 Å². The molecule has 0 amide bonds. The Kier molecular flexibility index (Phi) is 3.25. The highest BCUT2D eigenvalue weighted by Crippen LogP contribution is 2.37. The smallest absolute Gasteiger partial charge is 0.328 e. The second kappa shape index (κ2) is 4.94. The summed E-state index contributed by atoms with van der Waals surface area (Å²) < 4.78 is 1.94. The molecule has 1 unspecified atom stereocenters. The van der Waals surface area contributed by atoms with Crippen LogP contribution in [0.3, 0.4) is 0 Å². The molecule has 1 aliphatic carbocycles. The first kappa shape index (κ1) is 13.2. The number of aliphatic carboxylic acids is 1. The Labute approximate surface area is 121 Å². The predicted molar refractivity (Wildman–Crippen MR) is 80.3 cm³/mol. The van der Waals surface area contributed by atoms with E-state index in [4.69, 9.17) is 5.11 Å². The molecule has 2 aromatic rings. The summed E-state index contributed by atoms with van der Waals surface area (Å²) >= 11 is 1.55. The van der Waals surface area contributed by atoms with Gasteiger partial charge in [0, 0.05) is 30.7 Å². The van der Waals surface area contributed by atoms with E-state index in [2.05, 4.69) is 16.8 Å². The Bertz CT molecular complexity index is 669. The van der Waals surface area contributed by atoms with Crippen molar-refractivity contribution >= 4 is 34.2 Å². The molecule has 0 radical (unpaired) electrons. The summed E-state index contributed by atoms with van der Waals surface area (Å²) in [6.45, 7) is 2.20. The van der Waals surface area contributed by atoms with Crippen LogP contribution in [0.15, 0.2) is 17.7 Å². The van der Waals surface area contributed by atoms with Crippen molar-refractivity contribution < 1.29 is 9.90 Å². The molecule has 0 saturated heterocycles. The summed E-state index contributed by atoms with van der Waals surface area (Å²) in [5.74, 6) is 0.642. The number of fused-ring (bicyclic) bond motifs is 1. The average molecular weight is 291 g/mol. The molecule has 0 aromatic carbocycles. The van der Waals surface area contributed by atoms with Gasteiger partial charge in [-0.25, -0.2) is 9.78 Å². The topological polar surface area (TPSA) is 57.8 Å². The van der Waals surface area contributed by atoms with Crippen molar-refractivity contribution in [1.29, 1.82) is 0 Å². The van der Waals surface area contributed by atoms with E-state index in [1.54, 1.807) is 17.4 Å². The lowest BCUT2D eigenvalue weighted by Crippen LogP contribution is -2.31. The molecule has 0 spiro atoms. The summed E-state index contributed by atoms with van der Waals surface area (Å²) in [7, 11) is 2.04. The minimum absolute atomic E-state index is 0.427. The van der Waals surface area contributed by atoms with E-state index in [0.29, 0.717) is 6.04 Å². The second-order valence-electron chi connectivity index (χ2n) is 5.24. The maximum atomic E-state index is 10.8. The first-order valence-corrected chi connectivity index (χ1v) is 7.55. The molecular weight excluding hydrogens is 274 g/mol. The Morgan fingerprint density at radius 2 is 2.40 bits per heavy atom. The summed E-state index contributed by atoms with van der Waals surface area (Å²) in [6.07, 6.45) is 7.26. The van der Waals surface area contributed by atoms with Gasteiger partial charge in [-0.05, 0) is 31.8 Å². The number of imidazole rings is 1. The van der Waals surface area contributed by atoms with Crippen molar-refractivity contribution in [2.24, 2.45) is 5.92 Å². The van der Waals surface area contributed by atoms with Crippen LogP contribution in [0, 0.1) is 5.92 Å². The molecule has 1 aliphatic rings. The molecule has 1 atom stereocenters. The number of carboxylic acids is 1. The van der Waals surface area contributed by atoms with E-state index in [1.165, 1.54) is 18.9 Å². The number of carboxylic acid groups (broad SMARTS) is 1. The lowest BCUT2D eigenvalue weighted by atomic mass is 10.2. The van der Waals surface area contributed by atoms with Crippen LogP contribution in [-0.4, -0.2) is 33.6 Å². The molecule has 20 heavy (non-hydrogen) atoms. The van der Waals surface area contributed by atoms with Gasteiger partial charge in [0.25, 0.3) is 0 Å². The Balaban J connectivity index is 2.01. The van der Waals surface area contributed by atoms with Gasteiger partial charge in [-0.2, -0.15) is 0 Å². The zero-order chi connectivity index (χ0) is 14.3. The van der Waals surface area contributed by atoms with Gasteiger partial charge in [0.1, 0.15) is 0 Å². The Morgan fingerprint density at radius 1 is 1.65 bits per heavy atom. The van der Waals surface area contributed by atoms with Gasteiger partial charge in [-0.3, -0.25) is 4.40 Å². The second-order valence-corrected chi connectivity index (χ2v) is 6.11. The quantitative estimate of drug-likeness (QED) is 0.861. The number of anilines is 1. The summed E-state index contributed by atoms with van der Waals surface area (Å²) in [5, 5.41) is 10.8. The maximum absolute atomic E-state index is 10.8. The monoisotopic (exact) mass is 291 g/mol. The fourth-order valence-corrected chi connectivity index (χ4v) is 3.16. The van der Waals surface area contributed by atoms with Crippen molar-refractivity contribution in [3.63, 3.8) is 0 Å². The minimum Gasteiger partial charge on any atom is -0.478 e. The molecule has 1 N–H and O–H groups in total. The molecule has 0 bridgehead atoms. The van der Waals surface area contributed by atoms with E-state index < -0.39 is 5.97 Å². The van der Waals surface area contributed by atoms with E-state index in [0.717, 1.165) is 22.4 Å². The van der Waals surface area contributed by atoms with Crippen molar-refractivity contribution in [3.05, 3.63) is 23.3 Å². The average Bonchev–Trinajstić information content (AvgIpc) is 3.06. The van der Waals surface area contributed by atoms with Crippen LogP contribution < -0.4 is 4.90 Å². The lowest BCUT2D eigenvalue weighted by molar-refractivity contribution is -0.131. The molecule has 1 saturated carbocycles. The van der Waals surface area contributed by atoms with Gasteiger partial charge >= 0.3 is 5.97 Å². The largest absolute Gasteiger partial charge is 0.478 e. The molecule has 2 aromatic heterocycles. The summed E-state index contributed by atoms with van der Waals surface area (Å²) in [4.78, 5) is 18.5. The molecule has 6 heteroatoms. The zero-order valence-corrected chi connectivity index (χ0v) is 12.3. The SMILES string of the molecule is CC(C1CC1)N(C)c1nc2sccn2c1/C=C/C(=O)O. The normalized spacial score (nSPS) is 16.9. The molecule has 0 aliphatic heterocycles. The zero-order valence-electron chi connectivity index (χ0n) is 11.5. The van der Waals surface area contributed by atoms with Gasteiger partial charge in [0.05, 0.1) is 5.69 Å². The number of hydrogen-bond acceptors (Lipinski definition) is 4. The van der Waals surface area contributed by atoms with Crippen LogP contribution in [-0.2, 0) is 4.79 Å². The van der Waals surface area contributed by atoms with E-state index in [1.807, 2.05) is 23.0 Å². The molecule has 2 heterocycles. The third-order valence-electron chi connectivity index (χ3n) is 3.91. The minimum atomic E-state index is -0.945. The first-order valence-electron chi connectivity index (χ1n) is 6.67. The summed E-state index contributed by atoms with van der Waals surface area (Å²) in [5.41, 5.74) is 0.832. The maximum Gasteiger partial charge on any atom is 0.328 e. The van der Waals surface area contributed by atoms with Crippen LogP contribution in [0.1, 0.15) is 25.5 Å². The van der Waals surface area contributed by atoms with Crippen LogP contribution >= 0.6 is 11.3 Å². The number of nitrogens with zero attached hydrogens (tertiary/aromatic N) is 3. The molecular formula is C14H17N3O2S. The fraction of sp³-hybridized carbons (Fsp3) is 0.429. The highest BCUT2D eigenvalue weighted by atomic mass is 32.1. The van der Waals surface area contributed by atoms with Crippen molar-refractivity contribution in [2.75, 3.05) is 11.9 Å². The Morgan fingerprint density at radius 3 is 3.05 bits per heavy atom. The third kappa shape index (κ3) is 2.31. The number of carbonyl (C=O) groups is 1. The van der Waals surface area contributed by atoms with Gasteiger partial charge < -0.3 is 10.0 Å². The highest BCUT2D eigenvalue weighted by molar-refractivity contribution is 7.15. The number of hydrogen-bond donors (Lipinski definition) is 1. The van der Waals surface area contributed by atoms with Gasteiger partial charge in [0.2, 0.25) is 0 Å². The van der Waals surface area contributed by atoms with Gasteiger partial charge in [-0.15, -0.1) is 11.3 Å².